The van der Waals surface area contributed by atoms with Gasteiger partial charge in [-0.25, -0.2) is 4.98 Å². The van der Waals surface area contributed by atoms with E-state index >= 15 is 0 Å². The van der Waals surface area contributed by atoms with E-state index in [1.54, 1.807) is 0 Å². The van der Waals surface area contributed by atoms with Crippen molar-refractivity contribution in [2.24, 2.45) is 5.41 Å². The molecule has 2 N–H and O–H groups in total. The number of pyridine rings is 1. The molecule has 84 valence electrons. The summed E-state index contributed by atoms with van der Waals surface area (Å²) in [5.74, 6) is 1.81. The number of hydrogen-bond donors (Lipinski definition) is 2. The molecule has 0 aliphatic heterocycles. The molecule has 3 nitrogen and oxygen atoms in total. The Hall–Kier alpha value is -1.25. The number of hydrogen-bond acceptors (Lipinski definition) is 3. The number of anilines is 2. The van der Waals surface area contributed by atoms with Crippen LogP contribution < -0.4 is 10.6 Å². The summed E-state index contributed by atoms with van der Waals surface area (Å²) < 4.78 is 0. The second-order valence-electron chi connectivity index (χ2n) is 4.89. The molecule has 15 heavy (non-hydrogen) atoms. The van der Waals surface area contributed by atoms with Crippen LogP contribution in [0.25, 0.3) is 0 Å². The lowest BCUT2D eigenvalue weighted by Crippen LogP contribution is -2.31. The Morgan fingerprint density at radius 3 is 2.33 bits per heavy atom. The summed E-state index contributed by atoms with van der Waals surface area (Å²) in [5, 5.41) is 6.43. The molecule has 1 rings (SSSR count). The second kappa shape index (κ2) is 4.51. The molecule has 0 spiro atoms. The van der Waals surface area contributed by atoms with Gasteiger partial charge in [0.25, 0.3) is 0 Å². The Balaban J connectivity index is 2.72. The van der Waals surface area contributed by atoms with Gasteiger partial charge in [-0.1, -0.05) is 26.8 Å². The van der Waals surface area contributed by atoms with Crippen LogP contribution >= 0.6 is 0 Å². The molecule has 0 radical (unpaired) electrons. The van der Waals surface area contributed by atoms with E-state index in [2.05, 4.69) is 43.3 Å². The van der Waals surface area contributed by atoms with Crippen molar-refractivity contribution >= 4 is 11.6 Å². The third-order valence-corrected chi connectivity index (χ3v) is 2.67. The summed E-state index contributed by atoms with van der Waals surface area (Å²) in [5.41, 5.74) is 0.233. The summed E-state index contributed by atoms with van der Waals surface area (Å²) in [7, 11) is 1.87. The molecular weight excluding hydrogens is 186 g/mol. The molecule has 1 heterocycles. The zero-order valence-electron chi connectivity index (χ0n) is 10.3. The third-order valence-electron chi connectivity index (χ3n) is 2.67. The Morgan fingerprint density at radius 1 is 1.20 bits per heavy atom. The minimum absolute atomic E-state index is 0.233. The van der Waals surface area contributed by atoms with Crippen LogP contribution in [0.1, 0.15) is 27.7 Å². The van der Waals surface area contributed by atoms with Gasteiger partial charge in [0, 0.05) is 13.1 Å². The van der Waals surface area contributed by atoms with Crippen molar-refractivity contribution in [3.63, 3.8) is 0 Å². The van der Waals surface area contributed by atoms with E-state index in [9.17, 15) is 0 Å². The highest BCUT2D eigenvalue weighted by molar-refractivity contribution is 5.45. The van der Waals surface area contributed by atoms with Gasteiger partial charge in [0.1, 0.15) is 11.6 Å². The fourth-order valence-electron chi connectivity index (χ4n) is 1.09. The molecule has 0 saturated heterocycles. The number of rotatable bonds is 3. The highest BCUT2D eigenvalue weighted by Crippen LogP contribution is 2.22. The third kappa shape index (κ3) is 3.42. The van der Waals surface area contributed by atoms with Crippen LogP contribution in [-0.4, -0.2) is 18.1 Å². The zero-order valence-corrected chi connectivity index (χ0v) is 10.3. The van der Waals surface area contributed by atoms with Gasteiger partial charge in [-0.15, -0.1) is 0 Å². The molecule has 0 aromatic carbocycles. The van der Waals surface area contributed by atoms with Crippen LogP contribution in [-0.2, 0) is 0 Å². The molecule has 0 aliphatic rings. The van der Waals surface area contributed by atoms with Crippen molar-refractivity contribution in [3.05, 3.63) is 18.2 Å². The lowest BCUT2D eigenvalue weighted by molar-refractivity contribution is 0.359. The van der Waals surface area contributed by atoms with E-state index in [0.717, 1.165) is 11.6 Å². The van der Waals surface area contributed by atoms with Crippen molar-refractivity contribution in [2.45, 2.75) is 33.7 Å². The lowest BCUT2D eigenvalue weighted by Gasteiger charge is -2.28. The van der Waals surface area contributed by atoms with Crippen molar-refractivity contribution in [1.29, 1.82) is 0 Å². The summed E-state index contributed by atoms with van der Waals surface area (Å²) in [6.45, 7) is 8.82. The first-order chi connectivity index (χ1) is 6.93. The largest absolute Gasteiger partial charge is 0.373 e. The van der Waals surface area contributed by atoms with Crippen LogP contribution in [0.4, 0.5) is 11.6 Å². The minimum Gasteiger partial charge on any atom is -0.373 e. The van der Waals surface area contributed by atoms with Gasteiger partial charge in [0.2, 0.25) is 0 Å². The molecule has 3 heteroatoms. The fraction of sp³-hybridized carbons (Fsp3) is 0.583. The Labute approximate surface area is 92.3 Å². The van der Waals surface area contributed by atoms with E-state index in [1.165, 1.54) is 0 Å². The van der Waals surface area contributed by atoms with Gasteiger partial charge in [-0.05, 0) is 24.5 Å². The van der Waals surface area contributed by atoms with Gasteiger partial charge in [-0.2, -0.15) is 0 Å². The standard InChI is InChI=1S/C12H21N3/c1-9(12(2,3)4)14-11-8-6-7-10(13-5)15-11/h6-9H,1-5H3,(H2,13,14,15). The van der Waals surface area contributed by atoms with Gasteiger partial charge < -0.3 is 10.6 Å². The minimum atomic E-state index is 0.233. The van der Waals surface area contributed by atoms with Crippen molar-refractivity contribution in [3.8, 4) is 0 Å². The quantitative estimate of drug-likeness (QED) is 0.800. The SMILES string of the molecule is CNc1cccc(NC(C)C(C)(C)C)n1. The first-order valence-corrected chi connectivity index (χ1v) is 5.35. The van der Waals surface area contributed by atoms with Gasteiger partial charge in [0.15, 0.2) is 0 Å². The average molecular weight is 207 g/mol. The molecule has 0 fully saturated rings. The summed E-state index contributed by atoms with van der Waals surface area (Å²) >= 11 is 0. The first kappa shape index (κ1) is 11.8. The predicted octanol–water partition coefficient (Wildman–Crippen LogP) is 2.97. The van der Waals surface area contributed by atoms with Crippen molar-refractivity contribution < 1.29 is 0 Å². The lowest BCUT2D eigenvalue weighted by atomic mass is 9.88. The number of nitrogens with one attached hydrogen (secondary N) is 2. The topological polar surface area (TPSA) is 37.0 Å². The van der Waals surface area contributed by atoms with Crippen LogP contribution in [0.5, 0.6) is 0 Å². The maximum absolute atomic E-state index is 4.42. The van der Waals surface area contributed by atoms with E-state index in [4.69, 9.17) is 0 Å². The van der Waals surface area contributed by atoms with Gasteiger partial charge in [-0.3, -0.25) is 0 Å². The molecule has 0 aliphatic carbocycles. The maximum atomic E-state index is 4.42. The Morgan fingerprint density at radius 2 is 1.80 bits per heavy atom. The van der Waals surface area contributed by atoms with Gasteiger partial charge in [0.05, 0.1) is 0 Å². The molecule has 0 amide bonds. The predicted molar refractivity (Wildman–Crippen MR) is 66.3 cm³/mol. The fourth-order valence-corrected chi connectivity index (χ4v) is 1.09. The van der Waals surface area contributed by atoms with E-state index in [-0.39, 0.29) is 5.41 Å². The van der Waals surface area contributed by atoms with Crippen LogP contribution in [0.15, 0.2) is 18.2 Å². The molecule has 1 unspecified atom stereocenters. The zero-order chi connectivity index (χ0) is 11.5. The van der Waals surface area contributed by atoms with Crippen LogP contribution in [0.3, 0.4) is 0 Å². The van der Waals surface area contributed by atoms with E-state index in [0.29, 0.717) is 6.04 Å². The molecule has 1 atom stereocenters. The molecule has 0 saturated carbocycles. The van der Waals surface area contributed by atoms with Crippen molar-refractivity contribution in [1.82, 2.24) is 4.98 Å². The number of nitrogens with zero attached hydrogens (tertiary/aromatic N) is 1. The Bertz CT molecular complexity index is 315. The maximum Gasteiger partial charge on any atom is 0.128 e. The Kier molecular flexibility index (Phi) is 3.56. The van der Waals surface area contributed by atoms with Crippen LogP contribution in [0.2, 0.25) is 0 Å². The summed E-state index contributed by atoms with van der Waals surface area (Å²) in [4.78, 5) is 4.42. The second-order valence-corrected chi connectivity index (χ2v) is 4.89. The summed E-state index contributed by atoms with van der Waals surface area (Å²) in [6.07, 6.45) is 0. The summed E-state index contributed by atoms with van der Waals surface area (Å²) in [6, 6.07) is 6.32. The van der Waals surface area contributed by atoms with Crippen LogP contribution in [0, 0.1) is 5.41 Å². The number of aromatic nitrogens is 1. The normalized spacial score (nSPS) is 13.4. The highest BCUT2D eigenvalue weighted by atomic mass is 15.1. The molecule has 1 aromatic heterocycles. The van der Waals surface area contributed by atoms with E-state index in [1.807, 2.05) is 25.2 Å². The molecular formula is C12H21N3. The van der Waals surface area contributed by atoms with Gasteiger partial charge >= 0.3 is 0 Å². The monoisotopic (exact) mass is 207 g/mol. The van der Waals surface area contributed by atoms with E-state index < -0.39 is 0 Å². The first-order valence-electron chi connectivity index (χ1n) is 5.35. The molecule has 0 bridgehead atoms. The highest BCUT2D eigenvalue weighted by Gasteiger charge is 2.19. The molecule has 1 aromatic rings. The van der Waals surface area contributed by atoms with Crippen molar-refractivity contribution in [2.75, 3.05) is 17.7 Å². The average Bonchev–Trinajstić information content (AvgIpc) is 2.16. The smallest absolute Gasteiger partial charge is 0.128 e.